The molecule has 0 saturated carbocycles. The van der Waals surface area contributed by atoms with E-state index in [4.69, 9.17) is 5.26 Å². The van der Waals surface area contributed by atoms with Gasteiger partial charge in [0.1, 0.15) is 11.6 Å². The zero-order chi connectivity index (χ0) is 12.6. The first kappa shape index (κ1) is 11.4. The lowest BCUT2D eigenvalue weighted by atomic mass is 10.0. The minimum atomic E-state index is -0.133. The number of hydrogen-bond donors (Lipinski definition) is 1. The van der Waals surface area contributed by atoms with Crippen molar-refractivity contribution in [2.45, 2.75) is 27.2 Å². The van der Waals surface area contributed by atoms with Crippen LogP contribution in [0.1, 0.15) is 30.7 Å². The van der Waals surface area contributed by atoms with Gasteiger partial charge in [0.05, 0.1) is 6.20 Å². The molecule has 2 rings (SSSR count). The third-order valence-corrected chi connectivity index (χ3v) is 2.71. The summed E-state index contributed by atoms with van der Waals surface area (Å²) in [5, 5.41) is 12.8. The van der Waals surface area contributed by atoms with Crippen molar-refractivity contribution in [2.75, 3.05) is 0 Å². The second kappa shape index (κ2) is 4.06. The predicted molar refractivity (Wildman–Crippen MR) is 63.8 cm³/mol. The zero-order valence-corrected chi connectivity index (χ0v) is 10.1. The van der Waals surface area contributed by atoms with Gasteiger partial charge in [0.2, 0.25) is 0 Å². The van der Waals surface area contributed by atoms with Gasteiger partial charge < -0.3 is 4.98 Å². The Kier molecular flexibility index (Phi) is 2.72. The van der Waals surface area contributed by atoms with E-state index in [0.717, 1.165) is 11.3 Å². The molecule has 5 heteroatoms. The Morgan fingerprint density at radius 3 is 2.88 bits per heavy atom. The van der Waals surface area contributed by atoms with Gasteiger partial charge in [0.15, 0.2) is 5.65 Å². The van der Waals surface area contributed by atoms with E-state index in [1.807, 2.05) is 13.0 Å². The summed E-state index contributed by atoms with van der Waals surface area (Å²) in [5.41, 5.74) is 2.28. The van der Waals surface area contributed by atoms with Crippen LogP contribution in [-0.4, -0.2) is 14.6 Å². The van der Waals surface area contributed by atoms with Gasteiger partial charge in [0.25, 0.3) is 5.56 Å². The summed E-state index contributed by atoms with van der Waals surface area (Å²) in [6, 6.07) is 2.01. The van der Waals surface area contributed by atoms with Crippen LogP contribution in [0.2, 0.25) is 0 Å². The maximum Gasteiger partial charge on any atom is 0.277 e. The normalized spacial score (nSPS) is 11.0. The van der Waals surface area contributed by atoms with Gasteiger partial charge >= 0.3 is 0 Å². The smallest absolute Gasteiger partial charge is 0.277 e. The second-order valence-corrected chi connectivity index (χ2v) is 4.56. The fourth-order valence-electron chi connectivity index (χ4n) is 1.89. The number of hydrogen-bond acceptors (Lipinski definition) is 3. The Morgan fingerprint density at radius 2 is 2.29 bits per heavy atom. The molecule has 0 unspecified atom stereocenters. The fourth-order valence-corrected chi connectivity index (χ4v) is 1.89. The van der Waals surface area contributed by atoms with E-state index in [1.54, 1.807) is 0 Å². The molecule has 1 N–H and O–H groups in total. The van der Waals surface area contributed by atoms with Crippen molar-refractivity contribution in [1.82, 2.24) is 14.6 Å². The maximum absolute atomic E-state index is 12.2. The van der Waals surface area contributed by atoms with E-state index in [1.165, 1.54) is 10.7 Å². The summed E-state index contributed by atoms with van der Waals surface area (Å²) >= 11 is 0. The summed E-state index contributed by atoms with van der Waals surface area (Å²) in [6.45, 7) is 5.98. The first-order valence-corrected chi connectivity index (χ1v) is 5.54. The van der Waals surface area contributed by atoms with E-state index >= 15 is 0 Å². The molecule has 0 aliphatic heterocycles. The van der Waals surface area contributed by atoms with Crippen LogP contribution in [0.15, 0.2) is 11.0 Å². The molecule has 0 aliphatic rings. The number of nitriles is 1. The number of fused-ring (bicyclic) bond motifs is 1. The standard InChI is InChI=1S/C12H14N4O/c1-7(2)4-10-8(3)15-11-9(5-13)6-14-16(11)12(10)17/h6-7,15H,4H2,1-3H3. The summed E-state index contributed by atoms with van der Waals surface area (Å²) < 4.78 is 1.27. The van der Waals surface area contributed by atoms with Crippen LogP contribution < -0.4 is 5.56 Å². The summed E-state index contributed by atoms with van der Waals surface area (Å²) in [5.74, 6) is 0.401. The van der Waals surface area contributed by atoms with Crippen LogP contribution in [0.3, 0.4) is 0 Å². The number of H-pyrrole nitrogens is 1. The molecule has 0 amide bonds. The summed E-state index contributed by atoms with van der Waals surface area (Å²) in [4.78, 5) is 15.3. The number of aryl methyl sites for hydroxylation is 1. The van der Waals surface area contributed by atoms with Crippen LogP contribution in [0.5, 0.6) is 0 Å². The highest BCUT2D eigenvalue weighted by Gasteiger charge is 2.13. The summed E-state index contributed by atoms with van der Waals surface area (Å²) in [6.07, 6.45) is 2.12. The average molecular weight is 230 g/mol. The molecule has 2 heterocycles. The topological polar surface area (TPSA) is 73.9 Å². The Bertz CT molecular complexity index is 657. The van der Waals surface area contributed by atoms with Crippen molar-refractivity contribution in [3.63, 3.8) is 0 Å². The van der Waals surface area contributed by atoms with Crippen LogP contribution in [0.4, 0.5) is 0 Å². The third kappa shape index (κ3) is 1.82. The van der Waals surface area contributed by atoms with Gasteiger partial charge in [-0.1, -0.05) is 13.8 Å². The first-order chi connectivity index (χ1) is 8.04. The van der Waals surface area contributed by atoms with Gasteiger partial charge in [0, 0.05) is 11.3 Å². The van der Waals surface area contributed by atoms with Gasteiger partial charge in [-0.05, 0) is 19.3 Å². The van der Waals surface area contributed by atoms with Crippen molar-refractivity contribution in [3.05, 3.63) is 33.4 Å². The van der Waals surface area contributed by atoms with Crippen molar-refractivity contribution in [3.8, 4) is 6.07 Å². The summed E-state index contributed by atoms with van der Waals surface area (Å²) in [7, 11) is 0. The van der Waals surface area contributed by atoms with Crippen molar-refractivity contribution in [1.29, 1.82) is 5.26 Å². The molecule has 0 saturated heterocycles. The van der Waals surface area contributed by atoms with Crippen molar-refractivity contribution < 1.29 is 0 Å². The molecule has 88 valence electrons. The van der Waals surface area contributed by atoms with Crippen LogP contribution >= 0.6 is 0 Å². The zero-order valence-electron chi connectivity index (χ0n) is 10.1. The molecule has 5 nitrogen and oxygen atoms in total. The number of aromatic nitrogens is 3. The molecular formula is C12H14N4O. The molecule has 17 heavy (non-hydrogen) atoms. The molecule has 0 spiro atoms. The van der Waals surface area contributed by atoms with Gasteiger partial charge in [-0.3, -0.25) is 4.79 Å². The molecule has 0 radical (unpaired) electrons. The van der Waals surface area contributed by atoms with Crippen molar-refractivity contribution >= 4 is 5.65 Å². The quantitative estimate of drug-likeness (QED) is 0.847. The van der Waals surface area contributed by atoms with Crippen LogP contribution in [-0.2, 0) is 6.42 Å². The van der Waals surface area contributed by atoms with E-state index in [-0.39, 0.29) is 5.56 Å². The fraction of sp³-hybridized carbons (Fsp3) is 0.417. The van der Waals surface area contributed by atoms with E-state index in [2.05, 4.69) is 23.9 Å². The second-order valence-electron chi connectivity index (χ2n) is 4.56. The van der Waals surface area contributed by atoms with Gasteiger partial charge in [-0.15, -0.1) is 0 Å². The third-order valence-electron chi connectivity index (χ3n) is 2.71. The Morgan fingerprint density at radius 1 is 1.59 bits per heavy atom. The first-order valence-electron chi connectivity index (χ1n) is 5.54. The van der Waals surface area contributed by atoms with Gasteiger partial charge in [-0.2, -0.15) is 14.9 Å². The molecule has 2 aromatic heterocycles. The average Bonchev–Trinajstić information content (AvgIpc) is 2.66. The molecule has 2 aromatic rings. The molecular weight excluding hydrogens is 216 g/mol. The molecule has 0 fully saturated rings. The number of rotatable bonds is 2. The Labute approximate surface area is 98.7 Å². The van der Waals surface area contributed by atoms with E-state index in [9.17, 15) is 4.79 Å². The highest BCUT2D eigenvalue weighted by molar-refractivity contribution is 5.54. The monoisotopic (exact) mass is 230 g/mol. The van der Waals surface area contributed by atoms with Crippen molar-refractivity contribution in [2.24, 2.45) is 5.92 Å². The minimum absolute atomic E-state index is 0.133. The van der Waals surface area contributed by atoms with E-state index in [0.29, 0.717) is 23.5 Å². The van der Waals surface area contributed by atoms with Crippen LogP contribution in [0, 0.1) is 24.2 Å². The Balaban J connectivity index is 2.74. The lowest BCUT2D eigenvalue weighted by Gasteiger charge is -2.08. The largest absolute Gasteiger partial charge is 0.342 e. The SMILES string of the molecule is Cc1[nH]c2c(C#N)cnn2c(=O)c1CC(C)C. The lowest BCUT2D eigenvalue weighted by molar-refractivity contribution is 0.632. The molecule has 0 bridgehead atoms. The minimum Gasteiger partial charge on any atom is -0.342 e. The number of aromatic amines is 1. The number of nitrogens with zero attached hydrogens (tertiary/aromatic N) is 3. The number of nitrogens with one attached hydrogen (secondary N) is 1. The lowest BCUT2D eigenvalue weighted by Crippen LogP contribution is -2.23. The maximum atomic E-state index is 12.2. The molecule has 0 atom stereocenters. The molecule has 0 aliphatic carbocycles. The van der Waals surface area contributed by atoms with E-state index < -0.39 is 0 Å². The predicted octanol–water partition coefficient (Wildman–Crippen LogP) is 1.40. The molecule has 0 aromatic carbocycles. The highest BCUT2D eigenvalue weighted by Crippen LogP contribution is 2.11. The van der Waals surface area contributed by atoms with Gasteiger partial charge in [-0.25, -0.2) is 0 Å². The van der Waals surface area contributed by atoms with Crippen LogP contribution in [0.25, 0.3) is 5.65 Å². The Hall–Kier alpha value is -2.09. The highest BCUT2D eigenvalue weighted by atomic mass is 16.1.